The minimum absolute atomic E-state index is 0.00371. The third-order valence-electron chi connectivity index (χ3n) is 4.21. The Kier molecular flexibility index (Phi) is 6.77. The van der Waals surface area contributed by atoms with E-state index in [1.807, 2.05) is 0 Å². The van der Waals surface area contributed by atoms with Gasteiger partial charge in [-0.2, -0.15) is 13.2 Å². The van der Waals surface area contributed by atoms with Crippen molar-refractivity contribution in [1.82, 2.24) is 0 Å². The van der Waals surface area contributed by atoms with Crippen LogP contribution in [-0.2, 0) is 17.4 Å². The number of carbonyl (C=O) groups excluding carboxylic acids is 1. The molecule has 0 aliphatic carbocycles. The average Bonchev–Trinajstić information content (AvgIpc) is 2.65. The summed E-state index contributed by atoms with van der Waals surface area (Å²) in [6, 6.07) is 8.98. The van der Waals surface area contributed by atoms with Gasteiger partial charge >= 0.3 is 6.18 Å². The Balaban J connectivity index is 2.15. The Morgan fingerprint density at radius 2 is 1.79 bits per heavy atom. The Bertz CT molecular complexity index is 836. The number of nitrogens with zero attached hydrogens (tertiary/aromatic N) is 1. The van der Waals surface area contributed by atoms with E-state index in [1.165, 1.54) is 26.4 Å². The summed E-state index contributed by atoms with van der Waals surface area (Å²) in [5.41, 5.74) is -0.0193. The Hall–Kier alpha value is -2.90. The van der Waals surface area contributed by atoms with E-state index in [4.69, 9.17) is 9.47 Å². The standard InChI is InChI=1S/C20H23F3N2O3/c1-25(2)14-6-8-17(16(12-14)20(21,22)23)24-19(26)10-5-13-11-15(27-3)7-9-18(13)28-4/h6-9,11-12H,5,10H2,1-4H3,(H,24,26). The number of benzene rings is 2. The van der Waals surface area contributed by atoms with Crippen molar-refractivity contribution >= 4 is 17.3 Å². The van der Waals surface area contributed by atoms with Gasteiger partial charge < -0.3 is 19.7 Å². The van der Waals surface area contributed by atoms with E-state index in [-0.39, 0.29) is 12.1 Å². The molecule has 8 heteroatoms. The molecular formula is C20H23F3N2O3. The van der Waals surface area contributed by atoms with Gasteiger partial charge in [-0.15, -0.1) is 0 Å². The van der Waals surface area contributed by atoms with Crippen LogP contribution in [-0.4, -0.2) is 34.2 Å². The molecule has 28 heavy (non-hydrogen) atoms. The van der Waals surface area contributed by atoms with Crippen LogP contribution in [0.3, 0.4) is 0 Å². The molecule has 0 bridgehead atoms. The fourth-order valence-electron chi connectivity index (χ4n) is 2.69. The molecule has 0 saturated carbocycles. The summed E-state index contributed by atoms with van der Waals surface area (Å²) in [6.07, 6.45) is -4.29. The Labute approximate surface area is 162 Å². The molecule has 0 atom stereocenters. The molecule has 152 valence electrons. The molecule has 0 aliphatic heterocycles. The maximum atomic E-state index is 13.4. The van der Waals surface area contributed by atoms with E-state index >= 15 is 0 Å². The fourth-order valence-corrected chi connectivity index (χ4v) is 2.69. The van der Waals surface area contributed by atoms with Gasteiger partial charge in [-0.05, 0) is 48.4 Å². The van der Waals surface area contributed by atoms with Crippen molar-refractivity contribution in [3.63, 3.8) is 0 Å². The first kappa shape index (κ1) is 21.4. The second-order valence-corrected chi connectivity index (χ2v) is 6.35. The number of nitrogens with one attached hydrogen (secondary N) is 1. The second-order valence-electron chi connectivity index (χ2n) is 6.35. The summed E-state index contributed by atoms with van der Waals surface area (Å²) in [5, 5.41) is 2.37. The quantitative estimate of drug-likeness (QED) is 0.756. The predicted octanol–water partition coefficient (Wildman–Crippen LogP) is 4.36. The third-order valence-corrected chi connectivity index (χ3v) is 4.21. The van der Waals surface area contributed by atoms with Crippen molar-refractivity contribution in [3.8, 4) is 11.5 Å². The van der Waals surface area contributed by atoms with Crippen LogP contribution >= 0.6 is 0 Å². The lowest BCUT2D eigenvalue weighted by atomic mass is 10.1. The van der Waals surface area contributed by atoms with Gasteiger partial charge in [0.1, 0.15) is 11.5 Å². The second kappa shape index (κ2) is 8.86. The SMILES string of the molecule is COc1ccc(OC)c(CCC(=O)Nc2ccc(N(C)C)cc2C(F)(F)F)c1. The first-order chi connectivity index (χ1) is 13.2. The molecule has 0 spiro atoms. The zero-order valence-electron chi connectivity index (χ0n) is 16.2. The molecule has 1 N–H and O–H groups in total. The maximum absolute atomic E-state index is 13.4. The van der Waals surface area contributed by atoms with Crippen molar-refractivity contribution in [1.29, 1.82) is 0 Å². The Morgan fingerprint density at radius 3 is 2.36 bits per heavy atom. The van der Waals surface area contributed by atoms with Crippen LogP contribution in [0.25, 0.3) is 0 Å². The zero-order chi connectivity index (χ0) is 20.9. The number of hydrogen-bond acceptors (Lipinski definition) is 4. The molecular weight excluding hydrogens is 373 g/mol. The Morgan fingerprint density at radius 1 is 1.07 bits per heavy atom. The lowest BCUT2D eigenvalue weighted by molar-refractivity contribution is -0.136. The number of rotatable bonds is 7. The summed E-state index contributed by atoms with van der Waals surface area (Å²) < 4.78 is 50.5. The molecule has 0 unspecified atom stereocenters. The molecule has 5 nitrogen and oxygen atoms in total. The molecule has 0 radical (unpaired) electrons. The van der Waals surface area contributed by atoms with Crippen LogP contribution in [0.2, 0.25) is 0 Å². The van der Waals surface area contributed by atoms with E-state index in [1.54, 1.807) is 37.2 Å². The molecule has 1 amide bonds. The number of methoxy groups -OCH3 is 2. The first-order valence-corrected chi connectivity index (χ1v) is 8.55. The van der Waals surface area contributed by atoms with Crippen LogP contribution < -0.4 is 19.7 Å². The van der Waals surface area contributed by atoms with Crippen molar-refractivity contribution in [3.05, 3.63) is 47.5 Å². The summed E-state index contributed by atoms with van der Waals surface area (Å²) in [6.45, 7) is 0. The number of alkyl halides is 3. The monoisotopic (exact) mass is 396 g/mol. The largest absolute Gasteiger partial charge is 0.497 e. The highest BCUT2D eigenvalue weighted by Crippen LogP contribution is 2.37. The van der Waals surface area contributed by atoms with Crippen molar-refractivity contribution in [2.45, 2.75) is 19.0 Å². The van der Waals surface area contributed by atoms with Gasteiger partial charge in [0.05, 0.1) is 25.5 Å². The van der Waals surface area contributed by atoms with Crippen molar-refractivity contribution in [2.24, 2.45) is 0 Å². The van der Waals surface area contributed by atoms with Gasteiger partial charge in [0.15, 0.2) is 0 Å². The highest BCUT2D eigenvalue weighted by Gasteiger charge is 2.34. The minimum atomic E-state index is -4.58. The van der Waals surface area contributed by atoms with Crippen molar-refractivity contribution in [2.75, 3.05) is 38.5 Å². The lowest BCUT2D eigenvalue weighted by Gasteiger charge is -2.19. The number of halogens is 3. The topological polar surface area (TPSA) is 50.8 Å². The van der Waals surface area contributed by atoms with E-state index < -0.39 is 17.6 Å². The molecule has 0 fully saturated rings. The number of aryl methyl sites for hydroxylation is 1. The molecule has 0 heterocycles. The third kappa shape index (κ3) is 5.31. The average molecular weight is 396 g/mol. The van der Waals surface area contributed by atoms with E-state index in [9.17, 15) is 18.0 Å². The van der Waals surface area contributed by atoms with E-state index in [2.05, 4.69) is 5.32 Å². The zero-order valence-corrected chi connectivity index (χ0v) is 16.2. The summed E-state index contributed by atoms with van der Waals surface area (Å²) in [7, 11) is 6.33. The van der Waals surface area contributed by atoms with Gasteiger partial charge in [-0.25, -0.2) is 0 Å². The van der Waals surface area contributed by atoms with Crippen LogP contribution in [0, 0.1) is 0 Å². The van der Waals surface area contributed by atoms with Gasteiger partial charge in [0.25, 0.3) is 0 Å². The van der Waals surface area contributed by atoms with E-state index in [0.717, 1.165) is 11.6 Å². The molecule has 0 saturated heterocycles. The van der Waals surface area contributed by atoms with Crippen LogP contribution in [0.4, 0.5) is 24.5 Å². The smallest absolute Gasteiger partial charge is 0.418 e. The summed E-state index contributed by atoms with van der Waals surface area (Å²) in [4.78, 5) is 13.8. The number of hydrogen-bond donors (Lipinski definition) is 1. The maximum Gasteiger partial charge on any atom is 0.418 e. The van der Waals surface area contributed by atoms with Crippen LogP contribution in [0.1, 0.15) is 17.5 Å². The summed E-state index contributed by atoms with van der Waals surface area (Å²) >= 11 is 0. The van der Waals surface area contributed by atoms with Gasteiger partial charge in [-0.3, -0.25) is 4.79 Å². The number of anilines is 2. The minimum Gasteiger partial charge on any atom is -0.497 e. The number of ether oxygens (including phenoxy) is 2. The van der Waals surface area contributed by atoms with E-state index in [0.29, 0.717) is 23.6 Å². The van der Waals surface area contributed by atoms with Gasteiger partial charge in [0, 0.05) is 26.2 Å². The molecule has 2 aromatic carbocycles. The lowest BCUT2D eigenvalue weighted by Crippen LogP contribution is -2.18. The predicted molar refractivity (Wildman–Crippen MR) is 102 cm³/mol. The molecule has 2 rings (SSSR count). The van der Waals surface area contributed by atoms with Gasteiger partial charge in [0.2, 0.25) is 5.91 Å². The molecule has 0 aromatic heterocycles. The highest BCUT2D eigenvalue weighted by molar-refractivity contribution is 5.92. The molecule has 0 aliphatic rings. The highest BCUT2D eigenvalue weighted by atomic mass is 19.4. The molecule has 2 aromatic rings. The van der Waals surface area contributed by atoms with Crippen molar-refractivity contribution < 1.29 is 27.4 Å². The fraction of sp³-hybridized carbons (Fsp3) is 0.350. The number of carbonyl (C=O) groups is 1. The normalized spacial score (nSPS) is 11.1. The summed E-state index contributed by atoms with van der Waals surface area (Å²) in [5.74, 6) is 0.669. The van der Waals surface area contributed by atoms with Gasteiger partial charge in [-0.1, -0.05) is 0 Å². The number of amides is 1. The van der Waals surface area contributed by atoms with Crippen LogP contribution in [0.5, 0.6) is 11.5 Å². The first-order valence-electron chi connectivity index (χ1n) is 8.55. The van der Waals surface area contributed by atoms with Crippen LogP contribution in [0.15, 0.2) is 36.4 Å².